The van der Waals surface area contributed by atoms with Gasteiger partial charge >= 0.3 is 5.97 Å². The monoisotopic (exact) mass is 386 g/mol. The molecular weight excluding hydrogens is 348 g/mol. The zero-order valence-corrected chi connectivity index (χ0v) is 18.6. The van der Waals surface area contributed by atoms with E-state index in [0.717, 1.165) is 44.9 Å². The van der Waals surface area contributed by atoms with Crippen molar-refractivity contribution >= 4 is 11.8 Å². The summed E-state index contributed by atoms with van der Waals surface area (Å²) in [6, 6.07) is 0. The van der Waals surface area contributed by atoms with Crippen LogP contribution in [0.25, 0.3) is 0 Å². The van der Waals surface area contributed by atoms with Crippen molar-refractivity contribution in [1.82, 2.24) is 0 Å². The highest BCUT2D eigenvalue weighted by atomic mass is 16.5. The summed E-state index contributed by atoms with van der Waals surface area (Å²) in [5.74, 6) is 2.42. The van der Waals surface area contributed by atoms with Crippen molar-refractivity contribution in [3.63, 3.8) is 0 Å². The minimum atomic E-state index is -0.213. The molecule has 3 heteroatoms. The van der Waals surface area contributed by atoms with Crippen molar-refractivity contribution in [2.75, 3.05) is 0 Å². The number of esters is 1. The number of hydrogen-bond donors (Lipinski definition) is 0. The average molecular weight is 387 g/mol. The first kappa shape index (κ1) is 20.2. The van der Waals surface area contributed by atoms with Gasteiger partial charge in [0.25, 0.3) is 0 Å². The lowest BCUT2D eigenvalue weighted by Crippen LogP contribution is -2.56. The first-order valence-electron chi connectivity index (χ1n) is 11.4. The van der Waals surface area contributed by atoms with Crippen LogP contribution in [0.2, 0.25) is 0 Å². The molecule has 0 aromatic carbocycles. The van der Waals surface area contributed by atoms with Crippen molar-refractivity contribution in [3.05, 3.63) is 11.6 Å². The molecule has 0 heterocycles. The number of carbonyl (C=O) groups is 2. The average Bonchev–Trinajstić information content (AvgIpc) is 2.83. The van der Waals surface area contributed by atoms with E-state index in [4.69, 9.17) is 4.74 Å². The molecule has 8 atom stereocenters. The number of ketones is 1. The largest absolute Gasteiger partial charge is 0.462 e. The van der Waals surface area contributed by atoms with Crippen LogP contribution in [0.5, 0.6) is 0 Å². The number of carbonyl (C=O) groups excluding carboxylic acids is 2. The van der Waals surface area contributed by atoms with Gasteiger partial charge in [0.2, 0.25) is 0 Å². The summed E-state index contributed by atoms with van der Waals surface area (Å²) in [6.07, 6.45) is 10.3. The van der Waals surface area contributed by atoms with Gasteiger partial charge in [-0.15, -0.1) is 0 Å². The van der Waals surface area contributed by atoms with Crippen molar-refractivity contribution in [2.24, 2.45) is 39.9 Å². The Bertz CT molecular complexity index is 723. The summed E-state index contributed by atoms with van der Waals surface area (Å²) in [5, 5.41) is 0. The highest BCUT2D eigenvalue weighted by Gasteiger charge is 2.67. The van der Waals surface area contributed by atoms with Gasteiger partial charge in [-0.05, 0) is 81.0 Å². The molecule has 0 unspecified atom stereocenters. The molecule has 0 radical (unpaired) electrons. The SMILES string of the molecule is CC(=O)O[C@H]1CCCC2=CC[C@H]3[C@@H](CC[C@@]4(C)[C@H]3C[C@@H](C)[C@]4(C)C(C)=O)[C@]21C. The summed E-state index contributed by atoms with van der Waals surface area (Å²) < 4.78 is 5.92. The van der Waals surface area contributed by atoms with Crippen LogP contribution in [0, 0.1) is 39.9 Å². The van der Waals surface area contributed by atoms with Crippen LogP contribution in [-0.2, 0) is 14.3 Å². The van der Waals surface area contributed by atoms with Gasteiger partial charge in [-0.3, -0.25) is 9.59 Å². The van der Waals surface area contributed by atoms with E-state index in [0.29, 0.717) is 29.5 Å². The molecule has 3 fully saturated rings. The number of ether oxygens (including phenoxy) is 1. The second-order valence-electron chi connectivity index (χ2n) is 11.0. The summed E-state index contributed by atoms with van der Waals surface area (Å²) in [4.78, 5) is 24.6. The predicted molar refractivity (Wildman–Crippen MR) is 111 cm³/mol. The second-order valence-corrected chi connectivity index (χ2v) is 11.0. The van der Waals surface area contributed by atoms with Gasteiger partial charge in [0.05, 0.1) is 0 Å². The van der Waals surface area contributed by atoms with E-state index in [1.807, 2.05) is 6.92 Å². The molecule has 28 heavy (non-hydrogen) atoms. The highest BCUT2D eigenvalue weighted by molar-refractivity contribution is 5.83. The summed E-state index contributed by atoms with van der Waals surface area (Å²) in [7, 11) is 0. The molecular formula is C25H38O3. The van der Waals surface area contributed by atoms with E-state index < -0.39 is 0 Å². The number of hydrogen-bond acceptors (Lipinski definition) is 3. The van der Waals surface area contributed by atoms with E-state index in [2.05, 4.69) is 33.8 Å². The lowest BCUT2D eigenvalue weighted by atomic mass is 9.45. The number of allylic oxidation sites excluding steroid dienone is 1. The maximum absolute atomic E-state index is 12.8. The Labute approximate surface area is 170 Å². The van der Waals surface area contributed by atoms with Crippen LogP contribution in [0.3, 0.4) is 0 Å². The number of rotatable bonds is 2. The molecule has 0 aromatic rings. The second kappa shape index (κ2) is 6.44. The number of Topliss-reactive ketones (excluding diaryl/α,β-unsaturated/α-hetero) is 1. The molecule has 0 spiro atoms. The molecule has 0 aliphatic heterocycles. The first-order chi connectivity index (χ1) is 13.1. The Balaban J connectivity index is 1.73. The fourth-order valence-corrected chi connectivity index (χ4v) is 8.40. The van der Waals surface area contributed by atoms with Crippen LogP contribution in [0.4, 0.5) is 0 Å². The topological polar surface area (TPSA) is 43.4 Å². The summed E-state index contributed by atoms with van der Waals surface area (Å²) >= 11 is 0. The van der Waals surface area contributed by atoms with E-state index in [1.54, 1.807) is 6.92 Å². The highest BCUT2D eigenvalue weighted by Crippen LogP contribution is 2.71. The molecule has 3 saturated carbocycles. The molecule has 4 rings (SSSR count). The third-order valence-corrected chi connectivity index (χ3v) is 10.3. The van der Waals surface area contributed by atoms with E-state index in [1.165, 1.54) is 5.57 Å². The smallest absolute Gasteiger partial charge is 0.302 e. The Morgan fingerprint density at radius 3 is 2.46 bits per heavy atom. The Morgan fingerprint density at radius 1 is 1.11 bits per heavy atom. The molecule has 156 valence electrons. The van der Waals surface area contributed by atoms with Crippen molar-refractivity contribution in [3.8, 4) is 0 Å². The maximum atomic E-state index is 12.8. The van der Waals surface area contributed by atoms with Gasteiger partial charge in [-0.2, -0.15) is 0 Å². The Hall–Kier alpha value is -1.12. The molecule has 0 N–H and O–H groups in total. The van der Waals surface area contributed by atoms with Gasteiger partial charge in [0.15, 0.2) is 0 Å². The van der Waals surface area contributed by atoms with Crippen LogP contribution in [0.15, 0.2) is 11.6 Å². The van der Waals surface area contributed by atoms with Gasteiger partial charge in [0, 0.05) is 17.8 Å². The molecule has 0 aromatic heterocycles. The third-order valence-electron chi connectivity index (χ3n) is 10.3. The van der Waals surface area contributed by atoms with E-state index in [-0.39, 0.29) is 28.3 Å². The molecule has 0 bridgehead atoms. The minimum absolute atomic E-state index is 0.0140. The standard InChI is InChI=1S/C25H38O3/c1-15-14-21-19-11-10-18-8-7-9-22(28-17(3)27)24(18,5)20(19)12-13-23(21,4)25(15,6)16(2)26/h10,15,19-22H,7-9,11-14H2,1-6H3/t15-,19+,20-,21+,22+,23+,24+,25-/m1/s1. The fourth-order valence-electron chi connectivity index (χ4n) is 8.40. The Morgan fingerprint density at radius 2 is 1.82 bits per heavy atom. The zero-order chi connectivity index (χ0) is 20.5. The normalized spacial score (nSPS) is 50.1. The number of fused-ring (bicyclic) bond motifs is 5. The van der Waals surface area contributed by atoms with Crippen molar-refractivity contribution < 1.29 is 14.3 Å². The zero-order valence-electron chi connectivity index (χ0n) is 18.6. The molecule has 4 aliphatic carbocycles. The third kappa shape index (κ3) is 2.40. The molecule has 4 aliphatic rings. The quantitative estimate of drug-likeness (QED) is 0.450. The van der Waals surface area contributed by atoms with E-state index in [9.17, 15) is 9.59 Å². The van der Waals surface area contributed by atoms with Gasteiger partial charge in [0.1, 0.15) is 11.9 Å². The van der Waals surface area contributed by atoms with E-state index >= 15 is 0 Å². The lowest BCUT2D eigenvalue weighted by Gasteiger charge is -2.60. The lowest BCUT2D eigenvalue weighted by molar-refractivity contribution is -0.164. The van der Waals surface area contributed by atoms with Crippen LogP contribution < -0.4 is 0 Å². The first-order valence-corrected chi connectivity index (χ1v) is 11.4. The van der Waals surface area contributed by atoms with Gasteiger partial charge < -0.3 is 4.74 Å². The molecule has 0 saturated heterocycles. The van der Waals surface area contributed by atoms with Gasteiger partial charge in [-0.1, -0.05) is 39.3 Å². The molecule has 0 amide bonds. The van der Waals surface area contributed by atoms with Gasteiger partial charge in [-0.25, -0.2) is 0 Å². The minimum Gasteiger partial charge on any atom is -0.462 e. The summed E-state index contributed by atoms with van der Waals surface area (Å²) in [6.45, 7) is 12.7. The van der Waals surface area contributed by atoms with Crippen LogP contribution in [0.1, 0.15) is 86.5 Å². The fraction of sp³-hybridized carbons (Fsp3) is 0.840. The summed E-state index contributed by atoms with van der Waals surface area (Å²) in [5.41, 5.74) is 1.39. The predicted octanol–water partition coefficient (Wildman–Crippen LogP) is 5.72. The van der Waals surface area contributed by atoms with Crippen molar-refractivity contribution in [2.45, 2.75) is 92.6 Å². The van der Waals surface area contributed by atoms with Crippen molar-refractivity contribution in [1.29, 1.82) is 0 Å². The van der Waals surface area contributed by atoms with Crippen LogP contribution in [-0.4, -0.2) is 17.9 Å². The van der Waals surface area contributed by atoms with Crippen LogP contribution >= 0.6 is 0 Å². The molecule has 3 nitrogen and oxygen atoms in total. The Kier molecular flexibility index (Phi) is 4.64. The maximum Gasteiger partial charge on any atom is 0.302 e.